The maximum Gasteiger partial charge on any atom is 0.254 e. The lowest BCUT2D eigenvalue weighted by Crippen LogP contribution is -2.30. The summed E-state index contributed by atoms with van der Waals surface area (Å²) >= 11 is 0. The molecule has 1 amide bonds. The van der Waals surface area contributed by atoms with Crippen LogP contribution in [0.15, 0.2) is 73.1 Å². The molecule has 4 nitrogen and oxygen atoms in total. The van der Waals surface area contributed by atoms with Crippen molar-refractivity contribution in [1.82, 2.24) is 9.88 Å². The van der Waals surface area contributed by atoms with Gasteiger partial charge in [0.25, 0.3) is 5.91 Å². The number of ether oxygens (including phenoxy) is 1. The first-order valence-corrected chi connectivity index (χ1v) is 9.98. The molecule has 0 aliphatic heterocycles. The van der Waals surface area contributed by atoms with E-state index in [1.807, 2.05) is 72.5 Å². The number of carbonyl (C=O) groups excluding carboxylic acids is 1. The van der Waals surface area contributed by atoms with Crippen LogP contribution in [-0.2, 0) is 13.1 Å². The van der Waals surface area contributed by atoms with E-state index in [4.69, 9.17) is 4.74 Å². The summed E-state index contributed by atoms with van der Waals surface area (Å²) in [6.07, 6.45) is 3.51. The number of carbonyl (C=O) groups is 1. The van der Waals surface area contributed by atoms with E-state index in [9.17, 15) is 4.79 Å². The predicted octanol–water partition coefficient (Wildman–Crippen LogP) is 5.27. The number of hydrogen-bond acceptors (Lipinski definition) is 3. The minimum absolute atomic E-state index is 0.0157. The van der Waals surface area contributed by atoms with E-state index in [0.717, 1.165) is 22.4 Å². The molecule has 1 aromatic heterocycles. The van der Waals surface area contributed by atoms with E-state index in [1.165, 1.54) is 0 Å². The maximum absolute atomic E-state index is 13.2. The molecule has 29 heavy (non-hydrogen) atoms. The van der Waals surface area contributed by atoms with Gasteiger partial charge in [-0.3, -0.25) is 9.78 Å². The van der Waals surface area contributed by atoms with Crippen LogP contribution in [0.1, 0.15) is 40.9 Å². The molecule has 150 valence electrons. The van der Waals surface area contributed by atoms with Crippen LogP contribution in [-0.4, -0.2) is 22.4 Å². The van der Waals surface area contributed by atoms with E-state index < -0.39 is 0 Å². The highest BCUT2D eigenvalue weighted by Crippen LogP contribution is 2.18. The lowest BCUT2D eigenvalue weighted by atomic mass is 10.1. The van der Waals surface area contributed by atoms with E-state index in [1.54, 1.807) is 12.4 Å². The number of aromatic nitrogens is 1. The van der Waals surface area contributed by atoms with Gasteiger partial charge in [0.2, 0.25) is 0 Å². The molecule has 0 bridgehead atoms. The molecule has 0 spiro atoms. The number of nitrogens with zero attached hydrogens (tertiary/aromatic N) is 2. The smallest absolute Gasteiger partial charge is 0.254 e. The summed E-state index contributed by atoms with van der Waals surface area (Å²) in [6, 6.07) is 19.6. The Morgan fingerprint density at radius 2 is 1.48 bits per heavy atom. The maximum atomic E-state index is 13.2. The van der Waals surface area contributed by atoms with Crippen LogP contribution in [0.2, 0.25) is 0 Å². The molecule has 1 heterocycles. The molecule has 0 N–H and O–H groups in total. The molecule has 0 radical (unpaired) electrons. The number of pyridine rings is 1. The zero-order valence-corrected chi connectivity index (χ0v) is 17.3. The van der Waals surface area contributed by atoms with Gasteiger partial charge in [-0.2, -0.15) is 0 Å². The van der Waals surface area contributed by atoms with Crippen LogP contribution < -0.4 is 4.74 Å². The summed E-state index contributed by atoms with van der Waals surface area (Å²) in [7, 11) is 0. The van der Waals surface area contributed by atoms with Gasteiger partial charge in [0.1, 0.15) is 5.75 Å². The van der Waals surface area contributed by atoms with Gasteiger partial charge in [-0.25, -0.2) is 0 Å². The molecule has 2 aromatic carbocycles. The third-order valence-electron chi connectivity index (χ3n) is 4.59. The summed E-state index contributed by atoms with van der Waals surface area (Å²) in [5.41, 5.74) is 3.95. The largest absolute Gasteiger partial charge is 0.493 e. The highest BCUT2D eigenvalue weighted by molar-refractivity contribution is 5.94. The molecule has 0 saturated carbocycles. The third kappa shape index (κ3) is 6.18. The first-order chi connectivity index (χ1) is 14.0. The normalized spacial score (nSPS) is 10.8. The molecular weight excluding hydrogens is 360 g/mol. The molecule has 0 aliphatic carbocycles. The lowest BCUT2D eigenvalue weighted by Gasteiger charge is -2.23. The molecular formula is C25H28N2O2. The van der Waals surface area contributed by atoms with Gasteiger partial charge < -0.3 is 9.64 Å². The van der Waals surface area contributed by atoms with E-state index >= 15 is 0 Å². The number of amides is 1. The zero-order chi connectivity index (χ0) is 20.6. The molecule has 0 saturated heterocycles. The Hall–Kier alpha value is -3.14. The van der Waals surface area contributed by atoms with Crippen molar-refractivity contribution in [1.29, 1.82) is 0 Å². The summed E-state index contributed by atoms with van der Waals surface area (Å²) < 4.78 is 5.76. The van der Waals surface area contributed by atoms with E-state index in [-0.39, 0.29) is 5.91 Å². The van der Waals surface area contributed by atoms with Crippen molar-refractivity contribution >= 4 is 5.91 Å². The molecule has 4 heteroatoms. The van der Waals surface area contributed by atoms with Crippen molar-refractivity contribution in [3.8, 4) is 5.75 Å². The fraction of sp³-hybridized carbons (Fsp3) is 0.280. The third-order valence-corrected chi connectivity index (χ3v) is 4.59. The summed E-state index contributed by atoms with van der Waals surface area (Å²) in [4.78, 5) is 19.1. The molecule has 3 aromatic rings. The number of rotatable bonds is 8. The molecule has 0 atom stereocenters. The van der Waals surface area contributed by atoms with E-state index in [0.29, 0.717) is 31.2 Å². The monoisotopic (exact) mass is 388 g/mol. The average Bonchev–Trinajstić information content (AvgIpc) is 2.73. The van der Waals surface area contributed by atoms with Gasteiger partial charge in [-0.05, 0) is 60.4 Å². The lowest BCUT2D eigenvalue weighted by molar-refractivity contribution is 0.0730. The fourth-order valence-electron chi connectivity index (χ4n) is 2.96. The van der Waals surface area contributed by atoms with Crippen LogP contribution in [0.5, 0.6) is 5.75 Å². The number of benzene rings is 2. The minimum atomic E-state index is 0.0157. The summed E-state index contributed by atoms with van der Waals surface area (Å²) in [6.45, 7) is 8.02. The van der Waals surface area contributed by atoms with Gasteiger partial charge in [-0.1, -0.05) is 43.7 Å². The predicted molar refractivity (Wildman–Crippen MR) is 116 cm³/mol. The van der Waals surface area contributed by atoms with Crippen LogP contribution in [0.3, 0.4) is 0 Å². The second-order valence-electron chi connectivity index (χ2n) is 7.73. The second kappa shape index (κ2) is 9.87. The first-order valence-electron chi connectivity index (χ1n) is 9.98. The Labute approximate surface area is 173 Å². The van der Waals surface area contributed by atoms with E-state index in [2.05, 4.69) is 18.8 Å². The second-order valence-corrected chi connectivity index (χ2v) is 7.73. The van der Waals surface area contributed by atoms with Crippen molar-refractivity contribution in [2.75, 3.05) is 6.61 Å². The summed E-state index contributed by atoms with van der Waals surface area (Å²) in [5.74, 6) is 1.35. The SMILES string of the molecule is Cc1ccc(C(=O)N(Cc2ccncc2)Cc2ccc(OCC(C)C)cc2)cc1. The molecule has 0 fully saturated rings. The van der Waals surface area contributed by atoms with Gasteiger partial charge in [-0.15, -0.1) is 0 Å². The van der Waals surface area contributed by atoms with Crippen molar-refractivity contribution < 1.29 is 9.53 Å². The molecule has 0 aliphatic rings. The number of aryl methyl sites for hydroxylation is 1. The van der Waals surface area contributed by atoms with Crippen LogP contribution in [0.4, 0.5) is 0 Å². The van der Waals surface area contributed by atoms with Crippen molar-refractivity contribution in [2.24, 2.45) is 5.92 Å². The Kier molecular flexibility index (Phi) is 7.01. The van der Waals surface area contributed by atoms with Gasteiger partial charge >= 0.3 is 0 Å². The Balaban J connectivity index is 1.77. The first kappa shape index (κ1) is 20.6. The van der Waals surface area contributed by atoms with Gasteiger partial charge in [0, 0.05) is 31.0 Å². The van der Waals surface area contributed by atoms with Gasteiger partial charge in [0.05, 0.1) is 6.61 Å². The highest BCUT2D eigenvalue weighted by atomic mass is 16.5. The van der Waals surface area contributed by atoms with Crippen LogP contribution >= 0.6 is 0 Å². The molecule has 3 rings (SSSR count). The summed E-state index contributed by atoms with van der Waals surface area (Å²) in [5, 5.41) is 0. The topological polar surface area (TPSA) is 42.4 Å². The molecule has 0 unspecified atom stereocenters. The van der Waals surface area contributed by atoms with Crippen molar-refractivity contribution in [3.05, 3.63) is 95.3 Å². The Bertz CT molecular complexity index is 904. The quantitative estimate of drug-likeness (QED) is 0.528. The highest BCUT2D eigenvalue weighted by Gasteiger charge is 2.17. The fourth-order valence-corrected chi connectivity index (χ4v) is 2.96. The zero-order valence-electron chi connectivity index (χ0n) is 17.3. The van der Waals surface area contributed by atoms with Gasteiger partial charge in [0.15, 0.2) is 0 Å². The van der Waals surface area contributed by atoms with Crippen LogP contribution in [0.25, 0.3) is 0 Å². The minimum Gasteiger partial charge on any atom is -0.493 e. The van der Waals surface area contributed by atoms with Crippen LogP contribution in [0, 0.1) is 12.8 Å². The van der Waals surface area contributed by atoms with Crippen molar-refractivity contribution in [3.63, 3.8) is 0 Å². The number of hydrogen-bond donors (Lipinski definition) is 0. The Morgan fingerprint density at radius 1 is 0.897 bits per heavy atom. The Morgan fingerprint density at radius 3 is 2.07 bits per heavy atom. The standard InChI is InChI=1S/C25H28N2O2/c1-19(2)18-29-24-10-6-21(7-11-24)16-27(17-22-12-14-26-15-13-22)25(28)23-8-4-20(3)5-9-23/h4-15,19H,16-18H2,1-3H3. The van der Waals surface area contributed by atoms with Crippen molar-refractivity contribution in [2.45, 2.75) is 33.9 Å². The average molecular weight is 389 g/mol.